The molecule has 2 saturated heterocycles. The third-order valence-electron chi connectivity index (χ3n) is 18.3. The van der Waals surface area contributed by atoms with Gasteiger partial charge in [0.2, 0.25) is 0 Å². The molecule has 4 N–H and O–H groups in total. The number of H-pyrrole nitrogens is 1. The highest BCUT2D eigenvalue weighted by Crippen LogP contribution is 2.75. The molecule has 0 radical (unpaired) electrons. The molecule has 2 aliphatic heterocycles. The van der Waals surface area contributed by atoms with Crippen molar-refractivity contribution in [3.8, 4) is 0 Å². The average molecular weight is 851 g/mol. The van der Waals surface area contributed by atoms with Crippen molar-refractivity contribution in [2.75, 3.05) is 19.8 Å². The number of carbonyl (C=O) groups excluding carboxylic acids is 2. The van der Waals surface area contributed by atoms with Gasteiger partial charge in [-0.1, -0.05) is 65.3 Å². The molecule has 1 aromatic carbocycles. The third kappa shape index (κ3) is 6.87. The molecule has 4 aliphatic carbocycles. The van der Waals surface area contributed by atoms with Gasteiger partial charge in [-0.05, 0) is 141 Å². The number of Topliss-reactive ketones (excluding diaryl/α,β-unsaturated/α-hetero) is 2. The van der Waals surface area contributed by atoms with Crippen LogP contribution in [-0.4, -0.2) is 80.2 Å². The van der Waals surface area contributed by atoms with Crippen LogP contribution in [0.5, 0.6) is 0 Å². The van der Waals surface area contributed by atoms with Crippen LogP contribution in [0.25, 0.3) is 11.0 Å². The van der Waals surface area contributed by atoms with E-state index in [0.717, 1.165) is 67.5 Å². The van der Waals surface area contributed by atoms with Gasteiger partial charge in [0.1, 0.15) is 11.9 Å². The van der Waals surface area contributed by atoms with Crippen molar-refractivity contribution >= 4 is 22.6 Å². The van der Waals surface area contributed by atoms with Gasteiger partial charge in [-0.15, -0.1) is 0 Å². The standard InChI is InChI=1S/C53H74N2O7/c1-30-21-32(24-35(22-30)33-14-19-61-20-15-33)25-36-28-55(38-13-17-54-44(36)38)29-37-43-42(31(2)23-39(57)48-50(5,6)62-48)40(58)27-53(43,9)52(8)16-12-41-49(3,4)47(60)34(11-10-18-56)26-51(41,7)46(52)45(37)59/h13,17,21-22,24,28,31,33-34,37,39,41,45-46,48,54,56-57,59H,10-12,14-16,18-20,23,25-27,29H2,1-9H3. The molecular weight excluding hydrogens is 777 g/mol. The van der Waals surface area contributed by atoms with Gasteiger partial charge >= 0.3 is 0 Å². The van der Waals surface area contributed by atoms with E-state index in [2.05, 4.69) is 88.5 Å². The van der Waals surface area contributed by atoms with E-state index in [1.165, 1.54) is 22.3 Å². The zero-order valence-corrected chi connectivity index (χ0v) is 39.0. The summed E-state index contributed by atoms with van der Waals surface area (Å²) in [7, 11) is 0. The summed E-state index contributed by atoms with van der Waals surface area (Å²) in [5, 5.41) is 34.9. The lowest BCUT2D eigenvalue weighted by Gasteiger charge is -2.70. The van der Waals surface area contributed by atoms with E-state index in [1.54, 1.807) is 0 Å². The number of carbonyl (C=O) groups is 2. The fourth-order valence-electron chi connectivity index (χ4n) is 15.4. The predicted molar refractivity (Wildman–Crippen MR) is 242 cm³/mol. The summed E-state index contributed by atoms with van der Waals surface area (Å²) >= 11 is 0. The van der Waals surface area contributed by atoms with Crippen molar-refractivity contribution < 1.29 is 34.4 Å². The maximum atomic E-state index is 14.9. The number of hydrogen-bond donors (Lipinski definition) is 4. The first-order valence-corrected chi connectivity index (χ1v) is 24.1. The monoisotopic (exact) mass is 851 g/mol. The summed E-state index contributed by atoms with van der Waals surface area (Å²) in [5.74, 6) is 0.0869. The van der Waals surface area contributed by atoms with Crippen LogP contribution >= 0.6 is 0 Å². The molecule has 3 saturated carbocycles. The minimum atomic E-state index is -0.777. The maximum Gasteiger partial charge on any atom is 0.160 e. The number of aliphatic hydroxyl groups is 3. The number of aromatic amines is 1. The molecule has 11 unspecified atom stereocenters. The fourth-order valence-corrected chi connectivity index (χ4v) is 15.4. The molecule has 11 atom stereocenters. The van der Waals surface area contributed by atoms with E-state index < -0.39 is 28.5 Å². The normalized spacial score (nSPS) is 36.4. The first-order chi connectivity index (χ1) is 29.2. The fraction of sp³-hybridized carbons (Fsp3) is 0.698. The number of epoxide rings is 1. The summed E-state index contributed by atoms with van der Waals surface area (Å²) in [5.41, 5.74) is 6.95. The van der Waals surface area contributed by atoms with Gasteiger partial charge in [-0.2, -0.15) is 0 Å². The minimum Gasteiger partial charge on any atom is -0.396 e. The van der Waals surface area contributed by atoms with Gasteiger partial charge in [0.15, 0.2) is 5.78 Å². The van der Waals surface area contributed by atoms with Crippen LogP contribution < -0.4 is 0 Å². The van der Waals surface area contributed by atoms with Gasteiger partial charge in [-0.25, -0.2) is 0 Å². The number of aromatic nitrogens is 2. The quantitative estimate of drug-likeness (QED) is 0.134. The number of ketones is 2. The summed E-state index contributed by atoms with van der Waals surface area (Å²) in [6.07, 6.45) is 9.82. The molecular formula is C53H74N2O7. The van der Waals surface area contributed by atoms with Crippen LogP contribution in [0, 0.1) is 58.2 Å². The highest BCUT2D eigenvalue weighted by atomic mass is 16.6. The third-order valence-corrected chi connectivity index (χ3v) is 18.3. The Morgan fingerprint density at radius 1 is 1.02 bits per heavy atom. The minimum absolute atomic E-state index is 0.0536. The molecule has 338 valence electrons. The number of hydrogen-bond acceptors (Lipinski definition) is 7. The SMILES string of the molecule is Cc1cc(Cc2cn(CC3C4=C(C(C)CC(O)C5OC5(C)C)C(=O)CC4(C)C4(C)CCC5C(C)(C)C(=O)C(CCCO)CC5(C)C4C3O)c3cc[nH]c23)cc(C2CCOCC2)c1. The number of aliphatic hydroxyl groups excluding tert-OH is 3. The molecule has 9 nitrogen and oxygen atoms in total. The molecule has 3 aromatic rings. The van der Waals surface area contributed by atoms with Crippen molar-refractivity contribution in [1.82, 2.24) is 9.55 Å². The van der Waals surface area contributed by atoms with Crippen molar-refractivity contribution in [1.29, 1.82) is 0 Å². The van der Waals surface area contributed by atoms with E-state index in [1.807, 2.05) is 20.0 Å². The second-order valence-electron chi connectivity index (χ2n) is 22.9. The van der Waals surface area contributed by atoms with Crippen LogP contribution in [0.1, 0.15) is 141 Å². The zero-order valence-electron chi connectivity index (χ0n) is 39.0. The molecule has 0 spiro atoms. The van der Waals surface area contributed by atoms with E-state index in [0.29, 0.717) is 50.4 Å². The van der Waals surface area contributed by atoms with Gasteiger partial charge in [0.25, 0.3) is 0 Å². The predicted octanol–water partition coefficient (Wildman–Crippen LogP) is 9.02. The van der Waals surface area contributed by atoms with Crippen LogP contribution in [0.4, 0.5) is 0 Å². The lowest BCUT2D eigenvalue weighted by Crippen LogP contribution is -2.68. The largest absolute Gasteiger partial charge is 0.396 e. The first kappa shape index (κ1) is 44.1. The van der Waals surface area contributed by atoms with Crippen molar-refractivity contribution in [3.05, 3.63) is 70.1 Å². The summed E-state index contributed by atoms with van der Waals surface area (Å²) in [6, 6.07) is 9.18. The van der Waals surface area contributed by atoms with E-state index in [-0.39, 0.29) is 59.1 Å². The van der Waals surface area contributed by atoms with Crippen LogP contribution in [0.3, 0.4) is 0 Å². The Kier molecular flexibility index (Phi) is 11.1. The molecule has 2 aromatic heterocycles. The second kappa shape index (κ2) is 15.5. The Morgan fingerprint density at radius 3 is 2.44 bits per heavy atom. The molecule has 4 heterocycles. The number of nitrogens with zero attached hydrogens (tertiary/aromatic N) is 1. The van der Waals surface area contributed by atoms with Crippen LogP contribution in [0.2, 0.25) is 0 Å². The summed E-state index contributed by atoms with van der Waals surface area (Å²) in [4.78, 5) is 32.7. The topological polar surface area (TPSA) is 137 Å². The molecule has 0 amide bonds. The zero-order chi connectivity index (χ0) is 44.3. The Balaban J connectivity index is 1.14. The highest BCUT2D eigenvalue weighted by molar-refractivity contribution is 6.01. The van der Waals surface area contributed by atoms with Crippen molar-refractivity contribution in [3.63, 3.8) is 0 Å². The number of ether oxygens (including phenoxy) is 2. The number of aryl methyl sites for hydroxylation is 1. The van der Waals surface area contributed by atoms with Crippen LogP contribution in [-0.2, 0) is 32.0 Å². The van der Waals surface area contributed by atoms with Gasteiger partial charge in [0.05, 0.1) is 28.8 Å². The Labute approximate surface area is 369 Å². The lowest BCUT2D eigenvalue weighted by atomic mass is 9.34. The van der Waals surface area contributed by atoms with Gasteiger partial charge in [-0.3, -0.25) is 9.59 Å². The molecule has 62 heavy (non-hydrogen) atoms. The Morgan fingerprint density at radius 2 is 1.74 bits per heavy atom. The van der Waals surface area contributed by atoms with Gasteiger partial charge in [0, 0.05) is 74.3 Å². The number of allylic oxidation sites excluding steroid dienone is 1. The number of fused-ring (bicyclic) bond motifs is 6. The number of nitrogens with one attached hydrogen (secondary N) is 1. The molecule has 9 rings (SSSR count). The maximum absolute atomic E-state index is 14.9. The molecule has 9 heteroatoms. The number of benzene rings is 1. The van der Waals surface area contributed by atoms with E-state index >= 15 is 0 Å². The molecule has 0 bridgehead atoms. The number of rotatable bonds is 12. The van der Waals surface area contributed by atoms with E-state index in [4.69, 9.17) is 9.47 Å². The van der Waals surface area contributed by atoms with E-state index in [9.17, 15) is 24.9 Å². The smallest absolute Gasteiger partial charge is 0.160 e. The van der Waals surface area contributed by atoms with Crippen molar-refractivity contribution in [2.24, 2.45) is 51.2 Å². The Bertz CT molecular complexity index is 2260. The van der Waals surface area contributed by atoms with Crippen molar-refractivity contribution in [2.45, 2.75) is 163 Å². The lowest BCUT2D eigenvalue weighted by molar-refractivity contribution is -0.225. The highest BCUT2D eigenvalue weighted by Gasteiger charge is 2.72. The van der Waals surface area contributed by atoms with Crippen LogP contribution in [0.15, 0.2) is 47.8 Å². The second-order valence-corrected chi connectivity index (χ2v) is 22.9. The Hall–Kier alpha value is -3.08. The average Bonchev–Trinajstić information content (AvgIpc) is 3.48. The first-order valence-electron chi connectivity index (χ1n) is 24.1. The van der Waals surface area contributed by atoms with Gasteiger partial charge < -0.3 is 34.3 Å². The summed E-state index contributed by atoms with van der Waals surface area (Å²) < 4.78 is 13.9. The molecule has 6 aliphatic rings. The molecule has 5 fully saturated rings. The summed E-state index contributed by atoms with van der Waals surface area (Å²) in [6.45, 7) is 21.8.